The molecule has 4 heterocycles. The van der Waals surface area contributed by atoms with Gasteiger partial charge in [0.2, 0.25) is 5.91 Å². The minimum absolute atomic E-state index is 0.273. The van der Waals surface area contributed by atoms with Crippen LogP contribution in [0.25, 0.3) is 5.82 Å². The summed E-state index contributed by atoms with van der Waals surface area (Å²) in [5, 5.41) is 13.0. The second-order valence-corrected chi connectivity index (χ2v) is 7.00. The number of likely N-dealkylation sites (tertiary alicyclic amines) is 1. The first-order valence-corrected chi connectivity index (χ1v) is 9.30. The Morgan fingerprint density at radius 1 is 0.962 bits per heavy atom. The number of amides is 1. The van der Waals surface area contributed by atoms with Crippen LogP contribution in [0.5, 0.6) is 0 Å². The standard InChI is InChI=1S/C18H25N7O/c1-15-6-9-25(21-15)17-5-4-16(19-20-17)23-12-10-22(11-13-23)14-18(26)24-7-2-3-8-24/h4-6,9H,2-3,7-8,10-14H2,1H3. The molecule has 0 spiro atoms. The molecule has 0 saturated carbocycles. The summed E-state index contributed by atoms with van der Waals surface area (Å²) in [6, 6.07) is 5.88. The smallest absolute Gasteiger partial charge is 0.236 e. The molecule has 2 aliphatic heterocycles. The average molecular weight is 355 g/mol. The van der Waals surface area contributed by atoms with Crippen LogP contribution < -0.4 is 4.90 Å². The third-order valence-corrected chi connectivity index (χ3v) is 5.11. The van der Waals surface area contributed by atoms with Crippen LogP contribution in [-0.2, 0) is 4.79 Å². The highest BCUT2D eigenvalue weighted by molar-refractivity contribution is 5.78. The lowest BCUT2D eigenvalue weighted by atomic mass is 10.3. The van der Waals surface area contributed by atoms with Crippen LogP contribution in [0.2, 0.25) is 0 Å². The minimum Gasteiger partial charge on any atom is -0.353 e. The molecule has 2 saturated heterocycles. The maximum Gasteiger partial charge on any atom is 0.236 e. The van der Waals surface area contributed by atoms with E-state index in [1.54, 1.807) is 4.68 Å². The van der Waals surface area contributed by atoms with Gasteiger partial charge >= 0.3 is 0 Å². The molecule has 2 aromatic heterocycles. The Labute approximate surface area is 153 Å². The van der Waals surface area contributed by atoms with Gasteiger partial charge in [-0.2, -0.15) is 5.10 Å². The number of nitrogens with zero attached hydrogens (tertiary/aromatic N) is 7. The number of hydrogen-bond donors (Lipinski definition) is 0. The summed E-state index contributed by atoms with van der Waals surface area (Å²) >= 11 is 0. The van der Waals surface area contributed by atoms with Gasteiger partial charge in [0.05, 0.1) is 12.2 Å². The summed E-state index contributed by atoms with van der Waals surface area (Å²) in [6.45, 7) is 7.82. The third-order valence-electron chi connectivity index (χ3n) is 5.11. The summed E-state index contributed by atoms with van der Waals surface area (Å²) in [7, 11) is 0. The molecule has 4 rings (SSSR count). The van der Waals surface area contributed by atoms with Crippen LogP contribution >= 0.6 is 0 Å². The van der Waals surface area contributed by atoms with E-state index in [-0.39, 0.29) is 5.91 Å². The van der Waals surface area contributed by atoms with Crippen molar-refractivity contribution >= 4 is 11.7 Å². The van der Waals surface area contributed by atoms with Crippen LogP contribution in [0.3, 0.4) is 0 Å². The van der Waals surface area contributed by atoms with E-state index in [0.29, 0.717) is 6.54 Å². The number of piperazine rings is 1. The first-order chi connectivity index (χ1) is 12.7. The molecule has 26 heavy (non-hydrogen) atoms. The molecule has 2 aliphatic rings. The van der Waals surface area contributed by atoms with Crippen molar-refractivity contribution < 1.29 is 4.79 Å². The van der Waals surface area contributed by atoms with E-state index in [1.807, 2.05) is 36.2 Å². The quantitative estimate of drug-likeness (QED) is 0.805. The Hall–Kier alpha value is -2.48. The molecule has 0 radical (unpaired) electrons. The monoisotopic (exact) mass is 355 g/mol. The van der Waals surface area contributed by atoms with E-state index in [9.17, 15) is 4.79 Å². The van der Waals surface area contributed by atoms with Gasteiger partial charge in [-0.1, -0.05) is 0 Å². The fourth-order valence-electron chi connectivity index (χ4n) is 3.54. The van der Waals surface area contributed by atoms with Gasteiger partial charge in [0.1, 0.15) is 0 Å². The number of aryl methyl sites for hydroxylation is 1. The normalized spacial score (nSPS) is 18.5. The summed E-state index contributed by atoms with van der Waals surface area (Å²) in [5.74, 6) is 1.87. The van der Waals surface area contributed by atoms with Crippen molar-refractivity contribution in [3.05, 3.63) is 30.1 Å². The molecule has 0 N–H and O–H groups in total. The van der Waals surface area contributed by atoms with Gasteiger partial charge in [-0.05, 0) is 38.0 Å². The van der Waals surface area contributed by atoms with E-state index < -0.39 is 0 Å². The number of anilines is 1. The van der Waals surface area contributed by atoms with E-state index in [0.717, 1.165) is 69.4 Å². The predicted molar refractivity (Wildman–Crippen MR) is 98.4 cm³/mol. The zero-order chi connectivity index (χ0) is 17.9. The van der Waals surface area contributed by atoms with Gasteiger partial charge in [0.15, 0.2) is 11.6 Å². The van der Waals surface area contributed by atoms with Gasteiger partial charge in [0.25, 0.3) is 0 Å². The van der Waals surface area contributed by atoms with Gasteiger partial charge in [-0.25, -0.2) is 4.68 Å². The number of rotatable bonds is 4. The van der Waals surface area contributed by atoms with E-state index in [4.69, 9.17) is 0 Å². The van der Waals surface area contributed by atoms with Crippen molar-refractivity contribution in [2.75, 3.05) is 50.7 Å². The fourth-order valence-corrected chi connectivity index (χ4v) is 3.54. The van der Waals surface area contributed by atoms with Gasteiger partial charge in [-0.3, -0.25) is 9.69 Å². The molecule has 2 aromatic rings. The molecule has 1 amide bonds. The van der Waals surface area contributed by atoms with Gasteiger partial charge < -0.3 is 9.80 Å². The van der Waals surface area contributed by atoms with E-state index in [2.05, 4.69) is 25.1 Å². The summed E-state index contributed by atoms with van der Waals surface area (Å²) in [6.07, 6.45) is 4.17. The highest BCUT2D eigenvalue weighted by Crippen LogP contribution is 2.15. The molecule has 0 aliphatic carbocycles. The van der Waals surface area contributed by atoms with Gasteiger partial charge in [-0.15, -0.1) is 10.2 Å². The van der Waals surface area contributed by atoms with E-state index in [1.165, 1.54) is 0 Å². The Morgan fingerprint density at radius 2 is 1.65 bits per heavy atom. The molecule has 0 aromatic carbocycles. The van der Waals surface area contributed by atoms with Crippen molar-refractivity contribution in [2.24, 2.45) is 0 Å². The molecule has 0 atom stereocenters. The Balaban J connectivity index is 1.31. The molecule has 0 unspecified atom stereocenters. The number of aromatic nitrogens is 4. The summed E-state index contributed by atoms with van der Waals surface area (Å²) in [4.78, 5) is 18.7. The van der Waals surface area contributed by atoms with Crippen LogP contribution in [0.4, 0.5) is 5.82 Å². The molecule has 0 bridgehead atoms. The first-order valence-electron chi connectivity index (χ1n) is 9.30. The predicted octanol–water partition coefficient (Wildman–Crippen LogP) is 0.715. The van der Waals surface area contributed by atoms with Crippen LogP contribution in [0.15, 0.2) is 24.4 Å². The zero-order valence-corrected chi connectivity index (χ0v) is 15.2. The highest BCUT2D eigenvalue weighted by atomic mass is 16.2. The van der Waals surface area contributed by atoms with Crippen molar-refractivity contribution in [3.8, 4) is 5.82 Å². The minimum atomic E-state index is 0.273. The van der Waals surface area contributed by atoms with Crippen molar-refractivity contribution in [2.45, 2.75) is 19.8 Å². The lowest BCUT2D eigenvalue weighted by Gasteiger charge is -2.35. The zero-order valence-electron chi connectivity index (χ0n) is 15.2. The van der Waals surface area contributed by atoms with Crippen molar-refractivity contribution in [1.29, 1.82) is 0 Å². The lowest BCUT2D eigenvalue weighted by Crippen LogP contribution is -2.50. The van der Waals surface area contributed by atoms with Crippen LogP contribution in [-0.4, -0.2) is 81.5 Å². The fraction of sp³-hybridized carbons (Fsp3) is 0.556. The molecule has 8 nitrogen and oxygen atoms in total. The molecular formula is C18H25N7O. The maximum absolute atomic E-state index is 12.3. The van der Waals surface area contributed by atoms with Crippen molar-refractivity contribution in [3.63, 3.8) is 0 Å². The Bertz CT molecular complexity index is 743. The third kappa shape index (κ3) is 3.70. The van der Waals surface area contributed by atoms with Crippen molar-refractivity contribution in [1.82, 2.24) is 29.8 Å². The maximum atomic E-state index is 12.3. The number of carbonyl (C=O) groups is 1. The molecular weight excluding hydrogens is 330 g/mol. The van der Waals surface area contributed by atoms with Crippen LogP contribution in [0, 0.1) is 6.92 Å². The SMILES string of the molecule is Cc1ccn(-c2ccc(N3CCN(CC(=O)N4CCCC4)CC3)nn2)n1. The summed E-state index contributed by atoms with van der Waals surface area (Å²) in [5.41, 5.74) is 0.954. The highest BCUT2D eigenvalue weighted by Gasteiger charge is 2.24. The Kier molecular flexibility index (Phi) is 4.83. The van der Waals surface area contributed by atoms with E-state index >= 15 is 0 Å². The van der Waals surface area contributed by atoms with Crippen LogP contribution in [0.1, 0.15) is 18.5 Å². The number of carbonyl (C=O) groups excluding carboxylic acids is 1. The number of hydrogen-bond acceptors (Lipinski definition) is 6. The largest absolute Gasteiger partial charge is 0.353 e. The lowest BCUT2D eigenvalue weighted by molar-refractivity contribution is -0.131. The topological polar surface area (TPSA) is 70.4 Å². The average Bonchev–Trinajstić information content (AvgIpc) is 3.34. The second-order valence-electron chi connectivity index (χ2n) is 7.00. The first kappa shape index (κ1) is 17.0. The molecule has 8 heteroatoms. The Morgan fingerprint density at radius 3 is 2.27 bits per heavy atom. The van der Waals surface area contributed by atoms with Gasteiger partial charge in [0, 0.05) is 45.5 Å². The molecule has 2 fully saturated rings. The second kappa shape index (κ2) is 7.41. The molecule has 138 valence electrons. The summed E-state index contributed by atoms with van der Waals surface area (Å²) < 4.78 is 1.73.